The molecule has 118 valence electrons. The number of aliphatic hydroxyl groups excluding tert-OH is 3. The largest absolute Gasteiger partial charge is 0.394 e. The molecule has 0 radical (unpaired) electrons. The highest BCUT2D eigenvalue weighted by molar-refractivity contribution is 6.30. The van der Waals surface area contributed by atoms with Crippen molar-refractivity contribution in [3.05, 3.63) is 35.6 Å². The standard InChI is InChI=1S/C14H16ClN3O4/c15-8-3-1-2-7(4-8)10-13(16)18(6-17-10)14-12(21)11(20)9(5-19)22-14/h1-4,6,9,11-12,14,19-21H,5,16H2/t9-,11-,12-,14-/m1/s1. The number of hydrogen-bond acceptors (Lipinski definition) is 6. The molecular formula is C14H16ClN3O4. The van der Waals surface area contributed by atoms with E-state index in [-0.39, 0.29) is 5.82 Å². The molecule has 2 aromatic rings. The second-order valence-corrected chi connectivity index (χ2v) is 5.56. The topological polar surface area (TPSA) is 114 Å². The number of rotatable bonds is 3. The Labute approximate surface area is 131 Å². The van der Waals surface area contributed by atoms with Gasteiger partial charge in [-0.05, 0) is 12.1 Å². The molecule has 8 heteroatoms. The summed E-state index contributed by atoms with van der Waals surface area (Å²) in [6.07, 6.45) is -2.75. The first kappa shape index (κ1) is 15.3. The van der Waals surface area contributed by atoms with Crippen LogP contribution in [0.2, 0.25) is 5.02 Å². The maximum atomic E-state index is 10.0. The first-order chi connectivity index (χ1) is 10.5. The van der Waals surface area contributed by atoms with Crippen LogP contribution in [-0.4, -0.2) is 49.8 Å². The Hall–Kier alpha value is -1.64. The highest BCUT2D eigenvalue weighted by atomic mass is 35.5. The fraction of sp³-hybridized carbons (Fsp3) is 0.357. The smallest absolute Gasteiger partial charge is 0.165 e. The van der Waals surface area contributed by atoms with Crippen LogP contribution in [-0.2, 0) is 4.74 Å². The Morgan fingerprint density at radius 3 is 2.73 bits per heavy atom. The third-order valence-corrected chi connectivity index (χ3v) is 3.96. The molecule has 0 saturated carbocycles. The number of ether oxygens (including phenoxy) is 1. The van der Waals surface area contributed by atoms with Gasteiger partial charge in [-0.15, -0.1) is 0 Å². The van der Waals surface area contributed by atoms with Crippen LogP contribution in [0, 0.1) is 0 Å². The van der Waals surface area contributed by atoms with Crippen molar-refractivity contribution in [2.75, 3.05) is 12.3 Å². The van der Waals surface area contributed by atoms with Gasteiger partial charge < -0.3 is 25.8 Å². The molecular weight excluding hydrogens is 310 g/mol. The fourth-order valence-electron chi connectivity index (χ4n) is 2.54. The quantitative estimate of drug-likeness (QED) is 0.649. The molecule has 1 aliphatic rings. The Bertz CT molecular complexity index is 678. The van der Waals surface area contributed by atoms with E-state index >= 15 is 0 Å². The summed E-state index contributed by atoms with van der Waals surface area (Å²) >= 11 is 5.96. The lowest BCUT2D eigenvalue weighted by Crippen LogP contribution is -2.33. The molecule has 1 saturated heterocycles. The van der Waals surface area contributed by atoms with Gasteiger partial charge >= 0.3 is 0 Å². The number of benzene rings is 1. The van der Waals surface area contributed by atoms with Gasteiger partial charge in [0.05, 0.1) is 12.9 Å². The van der Waals surface area contributed by atoms with E-state index in [0.717, 1.165) is 5.56 Å². The summed E-state index contributed by atoms with van der Waals surface area (Å²) in [6, 6.07) is 7.06. The molecule has 0 unspecified atom stereocenters. The van der Waals surface area contributed by atoms with E-state index in [9.17, 15) is 10.2 Å². The van der Waals surface area contributed by atoms with E-state index in [1.807, 2.05) is 6.07 Å². The zero-order chi connectivity index (χ0) is 15.9. The number of nitrogen functional groups attached to an aromatic ring is 1. The first-order valence-corrected chi connectivity index (χ1v) is 7.11. The van der Waals surface area contributed by atoms with Crippen molar-refractivity contribution in [2.45, 2.75) is 24.5 Å². The zero-order valence-electron chi connectivity index (χ0n) is 11.5. The van der Waals surface area contributed by atoms with Crippen LogP contribution < -0.4 is 5.73 Å². The summed E-state index contributed by atoms with van der Waals surface area (Å²) in [6.45, 7) is -0.398. The number of imidazole rings is 1. The van der Waals surface area contributed by atoms with Gasteiger partial charge in [-0.2, -0.15) is 0 Å². The predicted octanol–water partition coefficient (Wildman–Crippen LogP) is 0.397. The summed E-state index contributed by atoms with van der Waals surface area (Å²) in [7, 11) is 0. The second kappa shape index (κ2) is 5.86. The SMILES string of the molecule is Nc1c(-c2cccc(Cl)c2)ncn1[C@@H]1O[C@H](CO)[C@@H](O)[C@H]1O. The summed E-state index contributed by atoms with van der Waals surface area (Å²) in [4.78, 5) is 4.23. The molecule has 1 aromatic heterocycles. The molecule has 1 aromatic carbocycles. The van der Waals surface area contributed by atoms with Gasteiger partial charge in [0.1, 0.15) is 29.8 Å². The van der Waals surface area contributed by atoms with Gasteiger partial charge in [-0.1, -0.05) is 23.7 Å². The molecule has 22 heavy (non-hydrogen) atoms. The van der Waals surface area contributed by atoms with E-state index in [4.69, 9.17) is 27.2 Å². The molecule has 1 fully saturated rings. The normalized spacial score (nSPS) is 28.2. The van der Waals surface area contributed by atoms with Crippen LogP contribution in [0.15, 0.2) is 30.6 Å². The van der Waals surface area contributed by atoms with Crippen molar-refractivity contribution in [3.8, 4) is 11.3 Å². The number of aromatic nitrogens is 2. The van der Waals surface area contributed by atoms with Gasteiger partial charge in [-0.3, -0.25) is 4.57 Å². The Morgan fingerprint density at radius 1 is 1.32 bits per heavy atom. The van der Waals surface area contributed by atoms with Gasteiger partial charge in [-0.25, -0.2) is 4.98 Å². The van der Waals surface area contributed by atoms with E-state index in [0.29, 0.717) is 10.7 Å². The van der Waals surface area contributed by atoms with E-state index in [1.54, 1.807) is 18.2 Å². The van der Waals surface area contributed by atoms with Crippen LogP contribution in [0.1, 0.15) is 6.23 Å². The van der Waals surface area contributed by atoms with Crippen molar-refractivity contribution in [3.63, 3.8) is 0 Å². The van der Waals surface area contributed by atoms with Gasteiger partial charge in [0.2, 0.25) is 0 Å². The van der Waals surface area contributed by atoms with Crippen molar-refractivity contribution in [1.82, 2.24) is 9.55 Å². The summed E-state index contributed by atoms with van der Waals surface area (Å²) in [5.74, 6) is 0.275. The van der Waals surface area contributed by atoms with E-state index in [1.165, 1.54) is 10.9 Å². The van der Waals surface area contributed by atoms with Gasteiger partial charge in [0, 0.05) is 10.6 Å². The van der Waals surface area contributed by atoms with Gasteiger partial charge in [0.25, 0.3) is 0 Å². The second-order valence-electron chi connectivity index (χ2n) is 5.12. The minimum absolute atomic E-state index is 0.275. The third-order valence-electron chi connectivity index (χ3n) is 3.72. The molecule has 0 aliphatic carbocycles. The van der Waals surface area contributed by atoms with Gasteiger partial charge in [0.15, 0.2) is 6.23 Å². The lowest BCUT2D eigenvalue weighted by molar-refractivity contribution is -0.0517. The monoisotopic (exact) mass is 325 g/mol. The van der Waals surface area contributed by atoms with Crippen molar-refractivity contribution >= 4 is 17.4 Å². The Morgan fingerprint density at radius 2 is 2.09 bits per heavy atom. The molecule has 0 amide bonds. The highest BCUT2D eigenvalue weighted by Gasteiger charge is 2.44. The third kappa shape index (κ3) is 2.47. The first-order valence-electron chi connectivity index (χ1n) is 6.73. The average molecular weight is 326 g/mol. The predicted molar refractivity (Wildman–Crippen MR) is 80.1 cm³/mol. The molecule has 1 aliphatic heterocycles. The summed E-state index contributed by atoms with van der Waals surface area (Å²) in [5, 5.41) is 29.6. The van der Waals surface area contributed by atoms with Crippen molar-refractivity contribution in [1.29, 1.82) is 0 Å². The van der Waals surface area contributed by atoms with E-state index < -0.39 is 31.1 Å². The lowest BCUT2D eigenvalue weighted by Gasteiger charge is -2.17. The van der Waals surface area contributed by atoms with Crippen LogP contribution in [0.5, 0.6) is 0 Å². The maximum Gasteiger partial charge on any atom is 0.165 e. The molecule has 0 bridgehead atoms. The molecule has 0 spiro atoms. The Balaban J connectivity index is 1.94. The van der Waals surface area contributed by atoms with Crippen molar-refractivity contribution in [2.24, 2.45) is 0 Å². The van der Waals surface area contributed by atoms with E-state index in [2.05, 4.69) is 4.98 Å². The highest BCUT2D eigenvalue weighted by Crippen LogP contribution is 2.34. The van der Waals surface area contributed by atoms with Crippen LogP contribution in [0.4, 0.5) is 5.82 Å². The molecule has 2 heterocycles. The number of halogens is 1. The van der Waals surface area contributed by atoms with Crippen LogP contribution in [0.3, 0.4) is 0 Å². The van der Waals surface area contributed by atoms with Crippen molar-refractivity contribution < 1.29 is 20.1 Å². The molecule has 7 nitrogen and oxygen atoms in total. The number of nitrogens with zero attached hydrogens (tertiary/aromatic N) is 2. The number of nitrogens with two attached hydrogens (primary N) is 1. The molecule has 5 N–H and O–H groups in total. The fourth-order valence-corrected chi connectivity index (χ4v) is 2.73. The van der Waals surface area contributed by atoms with Crippen LogP contribution in [0.25, 0.3) is 11.3 Å². The summed E-state index contributed by atoms with van der Waals surface area (Å²) in [5.41, 5.74) is 7.31. The maximum absolute atomic E-state index is 10.0. The Kier molecular flexibility index (Phi) is 4.07. The number of hydrogen-bond donors (Lipinski definition) is 4. The lowest BCUT2D eigenvalue weighted by atomic mass is 10.1. The van der Waals surface area contributed by atoms with Crippen LogP contribution >= 0.6 is 11.6 Å². The zero-order valence-corrected chi connectivity index (χ0v) is 12.3. The molecule has 3 rings (SSSR count). The molecule has 4 atom stereocenters. The number of aliphatic hydroxyl groups is 3. The number of anilines is 1. The average Bonchev–Trinajstić information content (AvgIpc) is 3.01. The minimum atomic E-state index is -1.21. The summed E-state index contributed by atoms with van der Waals surface area (Å²) < 4.78 is 6.87. The minimum Gasteiger partial charge on any atom is -0.394 e.